The highest BCUT2D eigenvalue weighted by Crippen LogP contribution is 2.48. The minimum Gasteiger partial charge on any atom is -0.508 e. The predicted molar refractivity (Wildman–Crippen MR) is 84.4 cm³/mol. The average molecular weight is 308 g/mol. The number of hydrogen-bond acceptors (Lipinski definition) is 4. The van der Waals surface area contributed by atoms with E-state index < -0.39 is 17.2 Å². The molecule has 116 valence electrons. The van der Waals surface area contributed by atoms with Crippen molar-refractivity contribution in [3.8, 4) is 5.75 Å². The summed E-state index contributed by atoms with van der Waals surface area (Å²) >= 11 is 0. The summed E-state index contributed by atoms with van der Waals surface area (Å²) in [7, 11) is 0. The number of Topliss-reactive ketones (excluding diaryl/α,β-unsaturated/α-hetero) is 2. The number of carbonyl (C=O) groups is 2. The SMILES string of the molecule is CC1=C2C=C3C(=O)c4cc(O)ccc4C(=O)[C@]3(O)C(C)=C2CC1. The van der Waals surface area contributed by atoms with Crippen LogP contribution < -0.4 is 0 Å². The van der Waals surface area contributed by atoms with Crippen LogP contribution in [0.3, 0.4) is 0 Å². The van der Waals surface area contributed by atoms with Gasteiger partial charge in [-0.2, -0.15) is 0 Å². The van der Waals surface area contributed by atoms with Crippen LogP contribution in [-0.4, -0.2) is 27.4 Å². The monoisotopic (exact) mass is 308 g/mol. The standard InChI is InChI=1S/C19H16O4/c1-9-3-5-12-10(2)19(23)16(8-14(9)12)17(21)15-7-11(20)4-6-13(15)18(19)22/h4,6-8,20,23H,3,5H2,1-2H3/t19-/m0/s1. The molecule has 0 unspecified atom stereocenters. The summed E-state index contributed by atoms with van der Waals surface area (Å²) in [5.41, 5.74) is 2.18. The molecule has 4 rings (SSSR count). The first-order chi connectivity index (χ1) is 10.9. The number of aliphatic hydroxyl groups is 1. The van der Waals surface area contributed by atoms with Crippen LogP contribution in [0.15, 0.2) is 52.1 Å². The van der Waals surface area contributed by atoms with E-state index in [2.05, 4.69) is 0 Å². The lowest BCUT2D eigenvalue weighted by Gasteiger charge is -2.38. The Bertz CT molecular complexity index is 898. The predicted octanol–water partition coefficient (Wildman–Crippen LogP) is 2.87. The molecule has 2 N–H and O–H groups in total. The van der Waals surface area contributed by atoms with Gasteiger partial charge in [0.15, 0.2) is 11.4 Å². The molecule has 0 radical (unpaired) electrons. The normalized spacial score (nSPS) is 26.1. The lowest BCUT2D eigenvalue weighted by Crippen LogP contribution is -2.50. The minimum atomic E-state index is -1.88. The van der Waals surface area contributed by atoms with E-state index in [9.17, 15) is 19.8 Å². The average Bonchev–Trinajstić information content (AvgIpc) is 2.89. The highest BCUT2D eigenvalue weighted by molar-refractivity contribution is 6.28. The van der Waals surface area contributed by atoms with E-state index in [0.29, 0.717) is 5.57 Å². The molecule has 1 aromatic carbocycles. The molecule has 3 aliphatic carbocycles. The van der Waals surface area contributed by atoms with Crippen LogP contribution >= 0.6 is 0 Å². The van der Waals surface area contributed by atoms with Crippen molar-refractivity contribution in [2.75, 3.05) is 0 Å². The summed E-state index contributed by atoms with van der Waals surface area (Å²) in [5, 5.41) is 20.8. The molecule has 4 heteroatoms. The second-order valence-electron chi connectivity index (χ2n) is 6.45. The molecule has 0 spiro atoms. The molecule has 1 atom stereocenters. The number of aromatic hydroxyl groups is 1. The fourth-order valence-corrected chi connectivity index (χ4v) is 3.89. The van der Waals surface area contributed by atoms with Gasteiger partial charge >= 0.3 is 0 Å². The van der Waals surface area contributed by atoms with E-state index >= 15 is 0 Å². The smallest absolute Gasteiger partial charge is 0.204 e. The molecule has 0 aliphatic heterocycles. The number of phenols is 1. The second-order valence-corrected chi connectivity index (χ2v) is 6.45. The molecule has 0 saturated heterocycles. The highest BCUT2D eigenvalue weighted by Gasteiger charge is 2.53. The van der Waals surface area contributed by atoms with E-state index in [1.165, 1.54) is 18.2 Å². The molecule has 0 amide bonds. The van der Waals surface area contributed by atoms with Crippen LogP contribution in [0.25, 0.3) is 0 Å². The zero-order valence-corrected chi connectivity index (χ0v) is 12.9. The Hall–Kier alpha value is -2.46. The van der Waals surface area contributed by atoms with Gasteiger partial charge in [0.25, 0.3) is 0 Å². The number of rotatable bonds is 0. The Labute approximate surface area is 133 Å². The maximum absolute atomic E-state index is 12.9. The van der Waals surface area contributed by atoms with Crippen molar-refractivity contribution in [2.24, 2.45) is 0 Å². The first kappa shape index (κ1) is 14.2. The highest BCUT2D eigenvalue weighted by atomic mass is 16.3. The van der Waals surface area contributed by atoms with Crippen molar-refractivity contribution in [1.29, 1.82) is 0 Å². The number of ketones is 2. The molecule has 0 saturated carbocycles. The second kappa shape index (κ2) is 4.30. The lowest BCUT2D eigenvalue weighted by atomic mass is 9.66. The third-order valence-corrected chi connectivity index (χ3v) is 5.27. The van der Waals surface area contributed by atoms with Crippen LogP contribution in [0.4, 0.5) is 0 Å². The number of fused-ring (bicyclic) bond motifs is 3. The van der Waals surface area contributed by atoms with Crippen LogP contribution in [0, 0.1) is 0 Å². The van der Waals surface area contributed by atoms with Crippen LogP contribution in [0.1, 0.15) is 47.4 Å². The van der Waals surface area contributed by atoms with Gasteiger partial charge in [0.1, 0.15) is 5.75 Å². The topological polar surface area (TPSA) is 74.6 Å². The third-order valence-electron chi connectivity index (χ3n) is 5.27. The Morgan fingerprint density at radius 3 is 2.57 bits per heavy atom. The first-order valence-corrected chi connectivity index (χ1v) is 7.63. The zero-order valence-electron chi connectivity index (χ0n) is 12.9. The molecule has 4 nitrogen and oxygen atoms in total. The Morgan fingerprint density at radius 2 is 1.83 bits per heavy atom. The van der Waals surface area contributed by atoms with Gasteiger partial charge in [-0.05, 0) is 67.7 Å². The maximum Gasteiger partial charge on any atom is 0.204 e. The largest absolute Gasteiger partial charge is 0.508 e. The van der Waals surface area contributed by atoms with Crippen LogP contribution in [0.5, 0.6) is 5.75 Å². The molecule has 0 fully saturated rings. The molecular weight excluding hydrogens is 292 g/mol. The number of allylic oxidation sites excluding steroid dienone is 4. The first-order valence-electron chi connectivity index (χ1n) is 7.63. The van der Waals surface area contributed by atoms with Crippen molar-refractivity contribution in [3.05, 3.63) is 63.3 Å². The summed E-state index contributed by atoms with van der Waals surface area (Å²) in [6.45, 7) is 3.74. The molecule has 0 heterocycles. The van der Waals surface area contributed by atoms with Gasteiger partial charge in [-0.15, -0.1) is 0 Å². The van der Waals surface area contributed by atoms with Gasteiger partial charge in [-0.3, -0.25) is 9.59 Å². The fourth-order valence-electron chi connectivity index (χ4n) is 3.89. The molecule has 0 aromatic heterocycles. The molecule has 23 heavy (non-hydrogen) atoms. The quantitative estimate of drug-likeness (QED) is 0.773. The number of carbonyl (C=O) groups excluding carboxylic acids is 2. The van der Waals surface area contributed by atoms with E-state index in [1.54, 1.807) is 13.0 Å². The Balaban J connectivity index is 2.05. The van der Waals surface area contributed by atoms with E-state index in [1.807, 2.05) is 6.92 Å². The number of benzene rings is 1. The van der Waals surface area contributed by atoms with Crippen molar-refractivity contribution < 1.29 is 19.8 Å². The Morgan fingerprint density at radius 1 is 1.09 bits per heavy atom. The zero-order chi connectivity index (χ0) is 16.5. The van der Waals surface area contributed by atoms with E-state index in [-0.39, 0.29) is 22.4 Å². The van der Waals surface area contributed by atoms with Crippen LogP contribution in [0.2, 0.25) is 0 Å². The maximum atomic E-state index is 12.9. The number of phenolic OH excluding ortho intramolecular Hbond substituents is 1. The molecule has 3 aliphatic rings. The number of hydrogen-bond donors (Lipinski definition) is 2. The lowest BCUT2D eigenvalue weighted by molar-refractivity contribution is 0.0552. The molecule has 1 aromatic rings. The van der Waals surface area contributed by atoms with Crippen molar-refractivity contribution in [1.82, 2.24) is 0 Å². The van der Waals surface area contributed by atoms with Gasteiger partial charge in [0.2, 0.25) is 5.78 Å². The van der Waals surface area contributed by atoms with Gasteiger partial charge in [0.05, 0.1) is 0 Å². The summed E-state index contributed by atoms with van der Waals surface area (Å²) in [4.78, 5) is 25.8. The van der Waals surface area contributed by atoms with Crippen LogP contribution in [-0.2, 0) is 0 Å². The van der Waals surface area contributed by atoms with Gasteiger partial charge in [-0.1, -0.05) is 5.57 Å². The minimum absolute atomic E-state index is 0.0732. The third kappa shape index (κ3) is 1.59. The van der Waals surface area contributed by atoms with E-state index in [4.69, 9.17) is 0 Å². The summed E-state index contributed by atoms with van der Waals surface area (Å²) in [6, 6.07) is 4.06. The van der Waals surface area contributed by atoms with E-state index in [0.717, 1.165) is 29.6 Å². The molecular formula is C19H16O4. The summed E-state index contributed by atoms with van der Waals surface area (Å²) in [5.74, 6) is -0.966. The Kier molecular flexibility index (Phi) is 2.64. The van der Waals surface area contributed by atoms with Crippen molar-refractivity contribution >= 4 is 11.6 Å². The van der Waals surface area contributed by atoms with Crippen molar-refractivity contribution in [3.63, 3.8) is 0 Å². The van der Waals surface area contributed by atoms with Crippen molar-refractivity contribution in [2.45, 2.75) is 32.3 Å². The summed E-state index contributed by atoms with van der Waals surface area (Å²) in [6.07, 6.45) is 3.32. The van der Waals surface area contributed by atoms with Gasteiger partial charge in [0, 0.05) is 16.7 Å². The molecule has 0 bridgehead atoms. The van der Waals surface area contributed by atoms with Gasteiger partial charge < -0.3 is 10.2 Å². The fraction of sp³-hybridized carbons (Fsp3) is 0.263. The van der Waals surface area contributed by atoms with Gasteiger partial charge in [-0.25, -0.2) is 0 Å². The summed E-state index contributed by atoms with van der Waals surface area (Å²) < 4.78 is 0.